The van der Waals surface area contributed by atoms with Crippen molar-refractivity contribution in [2.45, 2.75) is 6.92 Å². The summed E-state index contributed by atoms with van der Waals surface area (Å²) >= 11 is 0. The topological polar surface area (TPSA) is 28.7 Å². The summed E-state index contributed by atoms with van der Waals surface area (Å²) in [5, 5.41) is 0. The van der Waals surface area contributed by atoms with Gasteiger partial charge in [-0.15, -0.1) is 0 Å². The molecule has 70 valence electrons. The maximum absolute atomic E-state index is 4.40. The van der Waals surface area contributed by atoms with Gasteiger partial charge in [-0.1, -0.05) is 24.8 Å². The highest BCUT2D eigenvalue weighted by molar-refractivity contribution is 5.79. The summed E-state index contributed by atoms with van der Waals surface area (Å²) < 4.78 is 0. The number of allylic oxidation sites excluding steroid dienone is 1. The number of fused-ring (bicyclic) bond motifs is 1. The van der Waals surface area contributed by atoms with E-state index in [4.69, 9.17) is 0 Å². The minimum Gasteiger partial charge on any atom is -0.338 e. The van der Waals surface area contributed by atoms with Crippen LogP contribution >= 0.6 is 0 Å². The highest BCUT2D eigenvalue weighted by Gasteiger charge is 1.99. The van der Waals surface area contributed by atoms with Gasteiger partial charge < -0.3 is 4.98 Å². The van der Waals surface area contributed by atoms with Crippen LogP contribution in [-0.4, -0.2) is 9.97 Å². The number of imidazole rings is 1. The number of nitrogens with one attached hydrogen (secondary N) is 1. The zero-order chi connectivity index (χ0) is 9.97. The summed E-state index contributed by atoms with van der Waals surface area (Å²) in [5.74, 6) is 0.892. The number of benzene rings is 1. The van der Waals surface area contributed by atoms with Crippen LogP contribution in [0.5, 0.6) is 0 Å². The van der Waals surface area contributed by atoms with E-state index in [1.54, 1.807) is 0 Å². The first-order chi connectivity index (χ1) is 6.83. The van der Waals surface area contributed by atoms with E-state index in [1.165, 1.54) is 0 Å². The quantitative estimate of drug-likeness (QED) is 0.762. The minimum atomic E-state index is 0.892. The smallest absolute Gasteiger partial charge is 0.130 e. The van der Waals surface area contributed by atoms with E-state index in [0.29, 0.717) is 0 Å². The molecule has 2 rings (SSSR count). The molecule has 0 aliphatic heterocycles. The van der Waals surface area contributed by atoms with Crippen LogP contribution in [0.3, 0.4) is 0 Å². The van der Waals surface area contributed by atoms with Gasteiger partial charge in [0.1, 0.15) is 5.82 Å². The molecule has 1 heterocycles. The fourth-order valence-electron chi connectivity index (χ4n) is 1.41. The van der Waals surface area contributed by atoms with Gasteiger partial charge in [0.2, 0.25) is 0 Å². The van der Waals surface area contributed by atoms with Gasteiger partial charge in [0.15, 0.2) is 0 Å². The van der Waals surface area contributed by atoms with Crippen molar-refractivity contribution < 1.29 is 0 Å². The average Bonchev–Trinajstić information content (AvgIpc) is 2.59. The molecule has 1 aromatic carbocycles. The lowest BCUT2D eigenvalue weighted by molar-refractivity contribution is 1.29. The van der Waals surface area contributed by atoms with E-state index in [0.717, 1.165) is 22.4 Å². The lowest BCUT2D eigenvalue weighted by Crippen LogP contribution is -1.72. The van der Waals surface area contributed by atoms with E-state index in [9.17, 15) is 0 Å². The third-order valence-corrected chi connectivity index (χ3v) is 2.08. The van der Waals surface area contributed by atoms with Crippen molar-refractivity contribution in [3.8, 4) is 0 Å². The molecule has 1 aromatic heterocycles. The third kappa shape index (κ3) is 1.46. The molecule has 14 heavy (non-hydrogen) atoms. The molecular weight excluding hydrogens is 172 g/mol. The van der Waals surface area contributed by atoms with E-state index in [2.05, 4.69) is 16.5 Å². The maximum atomic E-state index is 4.40. The van der Waals surface area contributed by atoms with E-state index >= 15 is 0 Å². The number of rotatable bonds is 2. The van der Waals surface area contributed by atoms with E-state index < -0.39 is 0 Å². The molecular formula is C12H12N2. The molecule has 0 radical (unpaired) electrons. The van der Waals surface area contributed by atoms with Gasteiger partial charge in [-0.2, -0.15) is 0 Å². The Kier molecular flexibility index (Phi) is 2.19. The monoisotopic (exact) mass is 184 g/mol. The van der Waals surface area contributed by atoms with Gasteiger partial charge in [0.25, 0.3) is 0 Å². The van der Waals surface area contributed by atoms with Crippen LogP contribution in [-0.2, 0) is 0 Å². The van der Waals surface area contributed by atoms with Crippen molar-refractivity contribution in [1.29, 1.82) is 0 Å². The van der Waals surface area contributed by atoms with Crippen LogP contribution in [0.15, 0.2) is 30.9 Å². The van der Waals surface area contributed by atoms with Gasteiger partial charge >= 0.3 is 0 Å². The van der Waals surface area contributed by atoms with Gasteiger partial charge in [-0.25, -0.2) is 4.98 Å². The van der Waals surface area contributed by atoms with Crippen LogP contribution in [0.25, 0.3) is 23.2 Å². The summed E-state index contributed by atoms with van der Waals surface area (Å²) in [6, 6.07) is 6.05. The van der Waals surface area contributed by atoms with Crippen molar-refractivity contribution in [3.05, 3.63) is 42.2 Å². The Morgan fingerprint density at radius 1 is 1.43 bits per heavy atom. The number of hydrogen-bond donors (Lipinski definition) is 1. The van der Waals surface area contributed by atoms with Gasteiger partial charge in [0, 0.05) is 0 Å². The first kappa shape index (κ1) is 8.75. The number of aromatic nitrogens is 2. The van der Waals surface area contributed by atoms with E-state index in [1.807, 2.05) is 43.4 Å². The zero-order valence-electron chi connectivity index (χ0n) is 8.12. The Bertz CT molecular complexity index is 492. The summed E-state index contributed by atoms with van der Waals surface area (Å²) in [5.41, 5.74) is 3.15. The molecule has 0 saturated heterocycles. The molecule has 0 unspecified atom stereocenters. The van der Waals surface area contributed by atoms with Crippen molar-refractivity contribution >= 4 is 23.2 Å². The second-order valence-corrected chi connectivity index (χ2v) is 3.10. The van der Waals surface area contributed by atoms with Crippen molar-refractivity contribution in [1.82, 2.24) is 9.97 Å². The van der Waals surface area contributed by atoms with Crippen molar-refractivity contribution in [2.24, 2.45) is 0 Å². The lowest BCUT2D eigenvalue weighted by atomic mass is 10.2. The molecule has 2 heteroatoms. The molecule has 0 saturated carbocycles. The SMILES string of the molecule is C=Cc1ccc2nc(/C=C\C)[nH]c2c1. The number of hydrogen-bond acceptors (Lipinski definition) is 1. The Morgan fingerprint density at radius 3 is 3.00 bits per heavy atom. The summed E-state index contributed by atoms with van der Waals surface area (Å²) in [6.07, 6.45) is 5.75. The Labute approximate surface area is 83.0 Å². The molecule has 2 nitrogen and oxygen atoms in total. The predicted octanol–water partition coefficient (Wildman–Crippen LogP) is 3.24. The Balaban J connectivity index is 2.59. The highest BCUT2D eigenvalue weighted by atomic mass is 14.9. The second kappa shape index (κ2) is 3.50. The second-order valence-electron chi connectivity index (χ2n) is 3.10. The normalized spacial score (nSPS) is 11.2. The Hall–Kier alpha value is -1.83. The fourth-order valence-corrected chi connectivity index (χ4v) is 1.41. The number of nitrogens with zero attached hydrogens (tertiary/aromatic N) is 1. The molecule has 1 N–H and O–H groups in total. The summed E-state index contributed by atoms with van der Waals surface area (Å²) in [6.45, 7) is 5.71. The van der Waals surface area contributed by atoms with Crippen LogP contribution in [0.4, 0.5) is 0 Å². The van der Waals surface area contributed by atoms with Crippen LogP contribution in [0.2, 0.25) is 0 Å². The van der Waals surface area contributed by atoms with Gasteiger partial charge in [-0.3, -0.25) is 0 Å². The molecule has 0 aliphatic carbocycles. The highest BCUT2D eigenvalue weighted by Crippen LogP contribution is 2.14. The fraction of sp³-hybridized carbons (Fsp3) is 0.0833. The molecule has 0 fully saturated rings. The average molecular weight is 184 g/mol. The predicted molar refractivity (Wildman–Crippen MR) is 60.9 cm³/mol. The molecule has 0 atom stereocenters. The summed E-state index contributed by atoms with van der Waals surface area (Å²) in [7, 11) is 0. The van der Waals surface area contributed by atoms with Gasteiger partial charge in [-0.05, 0) is 30.7 Å². The first-order valence-corrected chi connectivity index (χ1v) is 4.58. The molecule has 0 amide bonds. The minimum absolute atomic E-state index is 0.892. The largest absolute Gasteiger partial charge is 0.338 e. The van der Waals surface area contributed by atoms with Crippen LogP contribution < -0.4 is 0 Å². The van der Waals surface area contributed by atoms with Crippen LogP contribution in [0.1, 0.15) is 18.3 Å². The Morgan fingerprint density at radius 2 is 2.29 bits per heavy atom. The number of aromatic amines is 1. The maximum Gasteiger partial charge on any atom is 0.130 e. The zero-order valence-corrected chi connectivity index (χ0v) is 8.12. The molecule has 2 aromatic rings. The standard InChI is InChI=1S/C12H12N2/c1-3-5-12-13-10-7-6-9(4-2)8-11(10)14-12/h3-8H,2H2,1H3,(H,13,14)/b5-3-. The molecule has 0 spiro atoms. The molecule has 0 bridgehead atoms. The number of H-pyrrole nitrogens is 1. The van der Waals surface area contributed by atoms with Crippen LogP contribution in [0, 0.1) is 0 Å². The van der Waals surface area contributed by atoms with Crippen molar-refractivity contribution in [2.75, 3.05) is 0 Å². The third-order valence-electron chi connectivity index (χ3n) is 2.08. The molecule has 0 aliphatic rings. The van der Waals surface area contributed by atoms with Gasteiger partial charge in [0.05, 0.1) is 11.0 Å². The summed E-state index contributed by atoms with van der Waals surface area (Å²) in [4.78, 5) is 7.63. The lowest BCUT2D eigenvalue weighted by Gasteiger charge is -1.90. The van der Waals surface area contributed by atoms with Crippen molar-refractivity contribution in [3.63, 3.8) is 0 Å². The first-order valence-electron chi connectivity index (χ1n) is 4.58. The van der Waals surface area contributed by atoms with E-state index in [-0.39, 0.29) is 0 Å².